The molecule has 0 bridgehead atoms. The molecule has 0 aromatic carbocycles. The number of aromatic amines is 2. The van der Waals surface area contributed by atoms with Crippen LogP contribution in [-0.4, -0.2) is 50.5 Å². The maximum atomic E-state index is 11.5. The van der Waals surface area contributed by atoms with Crippen molar-refractivity contribution in [3.05, 3.63) is 92.6 Å². The van der Waals surface area contributed by atoms with Gasteiger partial charge >= 0.3 is 12.5 Å². The summed E-state index contributed by atoms with van der Waals surface area (Å²) >= 11 is 8.96. The van der Waals surface area contributed by atoms with Crippen LogP contribution in [-0.2, 0) is 9.53 Å². The maximum absolute atomic E-state index is 11.5. The third-order valence-corrected chi connectivity index (χ3v) is 3.56. The highest BCUT2D eigenvalue weighted by atomic mass is 32.1. The summed E-state index contributed by atoms with van der Waals surface area (Å²) < 4.78 is 4.63. The Hall–Kier alpha value is -4.79. The van der Waals surface area contributed by atoms with Crippen molar-refractivity contribution < 1.29 is 14.3 Å². The van der Waals surface area contributed by atoms with E-state index >= 15 is 0 Å². The van der Waals surface area contributed by atoms with Crippen LogP contribution in [0.4, 0.5) is 5.69 Å². The van der Waals surface area contributed by atoms with E-state index in [1.807, 2.05) is 0 Å². The molecule has 12 nitrogen and oxygen atoms in total. The molecule has 0 fully saturated rings. The number of nitrogens with one attached hydrogen (secondary N) is 2. The number of hydrogen-bond donors (Lipinski definition) is 4. The average Bonchev–Trinajstić information content (AvgIpc) is 2.85. The fraction of sp³-hybridized carbons (Fsp3) is 0.136. The number of aromatic nitrogens is 4. The van der Waals surface area contributed by atoms with Crippen molar-refractivity contribution in [1.29, 1.82) is 0 Å². The number of carbonyl (C=O) groups is 2. The topological polar surface area (TPSA) is 179 Å². The van der Waals surface area contributed by atoms with Gasteiger partial charge in [-0.2, -0.15) is 0 Å². The van der Waals surface area contributed by atoms with Gasteiger partial charge in [0, 0.05) is 30.4 Å². The Kier molecular flexibility index (Phi) is 16.1. The van der Waals surface area contributed by atoms with E-state index in [9.17, 15) is 14.4 Å². The summed E-state index contributed by atoms with van der Waals surface area (Å²) in [6.45, 7) is 15.1. The number of nitrogens with two attached hydrogens (primary N) is 2. The Morgan fingerprint density at radius 2 is 1.64 bits per heavy atom. The monoisotopic (exact) mass is 526 g/mol. The van der Waals surface area contributed by atoms with Gasteiger partial charge in [0.15, 0.2) is 9.88 Å². The molecule has 0 saturated carbocycles. The third kappa shape index (κ3) is 13.7. The van der Waals surface area contributed by atoms with E-state index in [4.69, 9.17) is 25.4 Å². The van der Waals surface area contributed by atoms with Crippen LogP contribution in [0.2, 0.25) is 0 Å². The van der Waals surface area contributed by atoms with Gasteiger partial charge in [0.2, 0.25) is 0 Å². The fourth-order valence-corrected chi connectivity index (χ4v) is 2.22. The number of nitrogens with zero attached hydrogens (tertiary/aromatic N) is 4. The average molecular weight is 527 g/mol. The summed E-state index contributed by atoms with van der Waals surface area (Å²) in [6, 6.07) is 6.73. The zero-order valence-electron chi connectivity index (χ0n) is 19.0. The first-order valence-corrected chi connectivity index (χ1v) is 10.5. The summed E-state index contributed by atoms with van der Waals surface area (Å²) in [5.74, 6) is -0.442. The molecular formula is C22H22N8O4S2. The van der Waals surface area contributed by atoms with E-state index in [0.29, 0.717) is 23.4 Å². The summed E-state index contributed by atoms with van der Waals surface area (Å²) in [5.41, 5.74) is 10.6. The van der Waals surface area contributed by atoms with Crippen LogP contribution < -0.4 is 17.0 Å². The number of H-pyrrole nitrogens is 2. The molecule has 0 spiro atoms. The largest absolute Gasteiger partial charge is 0.460 e. The van der Waals surface area contributed by atoms with E-state index in [-0.39, 0.29) is 22.1 Å². The van der Waals surface area contributed by atoms with Crippen LogP contribution in [0.15, 0.2) is 53.8 Å². The molecule has 36 heavy (non-hydrogen) atoms. The Morgan fingerprint density at radius 3 is 2.06 bits per heavy atom. The number of esters is 1. The molecule has 0 radical (unpaired) electrons. The minimum Gasteiger partial charge on any atom is -0.460 e. The maximum Gasteiger partial charge on any atom is 0.387 e. The fourth-order valence-electron chi connectivity index (χ4n) is 2.03. The van der Waals surface area contributed by atoms with Crippen LogP contribution in [0.3, 0.4) is 0 Å². The highest BCUT2D eigenvalue weighted by Crippen LogP contribution is 2.23. The minimum atomic E-state index is -0.481. The number of ether oxygens (including phenoxy) is 1. The molecule has 14 heteroatoms. The van der Waals surface area contributed by atoms with Crippen molar-refractivity contribution >= 4 is 47.5 Å². The standard InChI is InChI=1S/C10H6N4OS.C6H5NO.C5H7NO2.CH4N2S/c1-11-8-7(6-2-4-12-5-3-6)13-10(16)14-9(8)15;8-5-6-1-3-7-4-2-6;1-3-8-5(7)4-6-2;2-1(3)4/h2-5H,(H2,13,14,15,16);1-5H;3-4H2,1H3;(H4,2,3,4). The van der Waals surface area contributed by atoms with E-state index < -0.39 is 11.5 Å². The lowest BCUT2D eigenvalue weighted by Gasteiger charge is -2.02. The Labute approximate surface area is 217 Å². The van der Waals surface area contributed by atoms with Crippen molar-refractivity contribution in [1.82, 2.24) is 19.9 Å². The molecular weight excluding hydrogens is 504 g/mol. The summed E-state index contributed by atoms with van der Waals surface area (Å²) in [5, 5.41) is 0.000000000000000222. The van der Waals surface area contributed by atoms with Crippen molar-refractivity contribution in [3.63, 3.8) is 0 Å². The van der Waals surface area contributed by atoms with E-state index in [2.05, 4.69) is 58.0 Å². The molecule has 0 aliphatic rings. The highest BCUT2D eigenvalue weighted by molar-refractivity contribution is 7.80. The van der Waals surface area contributed by atoms with E-state index in [1.54, 1.807) is 56.0 Å². The van der Waals surface area contributed by atoms with Crippen molar-refractivity contribution in [2.75, 3.05) is 13.2 Å². The van der Waals surface area contributed by atoms with Gasteiger partial charge in [-0.1, -0.05) is 0 Å². The quantitative estimate of drug-likeness (QED) is 0.171. The lowest BCUT2D eigenvalue weighted by molar-refractivity contribution is -0.140. The summed E-state index contributed by atoms with van der Waals surface area (Å²) in [7, 11) is 0. The van der Waals surface area contributed by atoms with Crippen LogP contribution in [0.5, 0.6) is 0 Å². The number of rotatable bonds is 4. The number of thiocarbonyl (C=S) groups is 1. The zero-order chi connectivity index (χ0) is 27.3. The minimum absolute atomic E-state index is 0.000000000000000222. The summed E-state index contributed by atoms with van der Waals surface area (Å²) in [6.07, 6.45) is 7.14. The van der Waals surface area contributed by atoms with Crippen molar-refractivity contribution in [3.8, 4) is 11.3 Å². The van der Waals surface area contributed by atoms with Gasteiger partial charge in [0.05, 0.1) is 18.9 Å². The first kappa shape index (κ1) is 31.2. The molecule has 0 aliphatic heterocycles. The first-order valence-electron chi connectivity index (χ1n) is 9.73. The molecule has 3 rings (SSSR count). The normalized spacial score (nSPS) is 8.53. The van der Waals surface area contributed by atoms with Gasteiger partial charge < -0.3 is 31.0 Å². The van der Waals surface area contributed by atoms with Gasteiger partial charge in [0.25, 0.3) is 11.2 Å². The zero-order valence-corrected chi connectivity index (χ0v) is 20.6. The molecule has 3 aromatic rings. The lowest BCUT2D eigenvalue weighted by Crippen LogP contribution is -2.18. The highest BCUT2D eigenvalue weighted by Gasteiger charge is 2.09. The predicted octanol–water partition coefficient (Wildman–Crippen LogP) is 2.60. The number of carbonyl (C=O) groups excluding carboxylic acids is 2. The number of aldehydes is 1. The van der Waals surface area contributed by atoms with Crippen LogP contribution in [0.1, 0.15) is 17.3 Å². The van der Waals surface area contributed by atoms with Crippen molar-refractivity contribution in [2.45, 2.75) is 6.92 Å². The second kappa shape index (κ2) is 18.6. The second-order valence-corrected chi connectivity index (χ2v) is 6.78. The van der Waals surface area contributed by atoms with Crippen LogP contribution in [0.25, 0.3) is 20.9 Å². The molecule has 3 aromatic heterocycles. The Balaban J connectivity index is 0.000000518. The molecule has 0 atom stereocenters. The molecule has 0 aliphatic carbocycles. The van der Waals surface area contributed by atoms with Crippen LogP contribution in [0, 0.1) is 17.9 Å². The van der Waals surface area contributed by atoms with Gasteiger partial charge in [-0.3, -0.25) is 19.6 Å². The van der Waals surface area contributed by atoms with Crippen molar-refractivity contribution in [2.24, 2.45) is 11.5 Å². The van der Waals surface area contributed by atoms with E-state index in [0.717, 1.165) is 6.29 Å². The molecule has 186 valence electrons. The van der Waals surface area contributed by atoms with Gasteiger partial charge in [-0.05, 0) is 61.2 Å². The first-order chi connectivity index (χ1) is 17.2. The van der Waals surface area contributed by atoms with Gasteiger partial charge in [-0.25, -0.2) is 16.2 Å². The number of hydrogen-bond acceptors (Lipinski definition) is 8. The summed E-state index contributed by atoms with van der Waals surface area (Å²) in [4.78, 5) is 50.5. The van der Waals surface area contributed by atoms with Gasteiger partial charge in [0.1, 0.15) is 6.29 Å². The van der Waals surface area contributed by atoms with Crippen LogP contribution >= 0.6 is 24.4 Å². The predicted molar refractivity (Wildman–Crippen MR) is 140 cm³/mol. The number of pyridine rings is 2. The molecule has 6 N–H and O–H groups in total. The second-order valence-electron chi connectivity index (χ2n) is 5.90. The van der Waals surface area contributed by atoms with E-state index in [1.165, 1.54) is 0 Å². The SMILES string of the molecule is NC(N)=S.O=Cc1ccncc1.[C-]#[N+]CC(=O)OCC.[C-]#[N+]c1c(-c2ccncc2)[nH]c(=S)[nH]c1=O. The molecule has 0 amide bonds. The Bertz CT molecular complexity index is 1310. The molecule has 0 unspecified atom stereocenters. The Morgan fingerprint density at radius 1 is 1.11 bits per heavy atom. The third-order valence-electron chi connectivity index (χ3n) is 3.35. The lowest BCUT2D eigenvalue weighted by atomic mass is 10.2. The molecule has 0 saturated heterocycles. The van der Waals surface area contributed by atoms with Gasteiger partial charge in [-0.15, -0.1) is 0 Å². The smallest absolute Gasteiger partial charge is 0.387 e. The molecule has 3 heterocycles.